The number of rotatable bonds is 4. The molecule has 4 nitrogen and oxygen atoms in total. The summed E-state index contributed by atoms with van der Waals surface area (Å²) in [6.07, 6.45) is 2.70. The molecule has 0 fully saturated rings. The molecule has 0 saturated heterocycles. The average molecular weight is 258 g/mol. The summed E-state index contributed by atoms with van der Waals surface area (Å²) in [6, 6.07) is 7.58. The summed E-state index contributed by atoms with van der Waals surface area (Å²) in [7, 11) is 0. The van der Waals surface area contributed by atoms with Gasteiger partial charge in [-0.15, -0.1) is 11.3 Å². The van der Waals surface area contributed by atoms with Crippen molar-refractivity contribution in [3.05, 3.63) is 40.3 Å². The van der Waals surface area contributed by atoms with Crippen molar-refractivity contribution in [2.75, 3.05) is 11.1 Å². The maximum atomic E-state index is 9.10. The van der Waals surface area contributed by atoms with Gasteiger partial charge in [-0.3, -0.25) is 0 Å². The van der Waals surface area contributed by atoms with Crippen molar-refractivity contribution in [1.29, 1.82) is 5.26 Å². The molecule has 0 radical (unpaired) electrons. The maximum Gasteiger partial charge on any atom is 0.115 e. The molecular formula is C13H14N4S. The van der Waals surface area contributed by atoms with Gasteiger partial charge in [-0.2, -0.15) is 5.26 Å². The molecule has 1 aromatic carbocycles. The quantitative estimate of drug-likeness (QED) is 0.826. The Morgan fingerprint density at radius 2 is 2.39 bits per heavy atom. The molecule has 2 rings (SSSR count). The molecule has 5 heteroatoms. The van der Waals surface area contributed by atoms with Gasteiger partial charge >= 0.3 is 0 Å². The highest BCUT2D eigenvalue weighted by Gasteiger charge is 2.13. The standard InChI is InChI=1S/C13H14N4S/c1-2-11(13-16-5-6-18-13)17-12-4-3-10(15)7-9(12)8-14/h3-7,11,17H,2,15H2,1H3. The van der Waals surface area contributed by atoms with Crippen LogP contribution in [0.5, 0.6) is 0 Å². The lowest BCUT2D eigenvalue weighted by Crippen LogP contribution is -2.10. The fourth-order valence-corrected chi connectivity index (χ4v) is 2.49. The second-order valence-electron chi connectivity index (χ2n) is 3.89. The van der Waals surface area contributed by atoms with E-state index in [2.05, 4.69) is 23.3 Å². The Morgan fingerprint density at radius 3 is 3.00 bits per heavy atom. The van der Waals surface area contributed by atoms with Gasteiger partial charge in [0.15, 0.2) is 0 Å². The zero-order valence-electron chi connectivity index (χ0n) is 10.1. The first-order valence-electron chi connectivity index (χ1n) is 5.70. The fourth-order valence-electron chi connectivity index (χ4n) is 1.71. The minimum atomic E-state index is 0.126. The Labute approximate surface area is 110 Å². The van der Waals surface area contributed by atoms with Crippen LogP contribution in [0.15, 0.2) is 29.8 Å². The largest absolute Gasteiger partial charge is 0.399 e. The molecule has 2 aromatic rings. The highest BCUT2D eigenvalue weighted by Crippen LogP contribution is 2.26. The van der Waals surface area contributed by atoms with Crippen LogP contribution < -0.4 is 11.1 Å². The van der Waals surface area contributed by atoms with Crippen LogP contribution in [0.1, 0.15) is 30.0 Å². The summed E-state index contributed by atoms with van der Waals surface area (Å²) in [5.41, 5.74) is 7.63. The summed E-state index contributed by atoms with van der Waals surface area (Å²) in [4.78, 5) is 4.31. The van der Waals surface area contributed by atoms with Gasteiger partial charge in [-0.25, -0.2) is 4.98 Å². The van der Waals surface area contributed by atoms with Crippen LogP contribution in [0.3, 0.4) is 0 Å². The smallest absolute Gasteiger partial charge is 0.115 e. The lowest BCUT2D eigenvalue weighted by atomic mass is 10.1. The molecule has 1 atom stereocenters. The van der Waals surface area contributed by atoms with Crippen LogP contribution in [-0.4, -0.2) is 4.98 Å². The summed E-state index contributed by atoms with van der Waals surface area (Å²) >= 11 is 1.61. The first-order valence-corrected chi connectivity index (χ1v) is 6.58. The van der Waals surface area contributed by atoms with E-state index in [0.717, 1.165) is 17.1 Å². The molecular weight excluding hydrogens is 244 g/mol. The van der Waals surface area contributed by atoms with E-state index in [1.165, 1.54) is 0 Å². The van der Waals surface area contributed by atoms with E-state index in [4.69, 9.17) is 11.0 Å². The first kappa shape index (κ1) is 12.4. The van der Waals surface area contributed by atoms with Gasteiger partial charge in [0.2, 0.25) is 0 Å². The third kappa shape index (κ3) is 2.60. The molecule has 0 spiro atoms. The molecule has 0 amide bonds. The molecule has 1 aromatic heterocycles. The van der Waals surface area contributed by atoms with Gasteiger partial charge in [0.25, 0.3) is 0 Å². The van der Waals surface area contributed by atoms with E-state index in [-0.39, 0.29) is 6.04 Å². The van der Waals surface area contributed by atoms with Gasteiger partial charge in [0.1, 0.15) is 11.1 Å². The van der Waals surface area contributed by atoms with E-state index in [0.29, 0.717) is 11.3 Å². The van der Waals surface area contributed by atoms with Crippen LogP contribution in [0.4, 0.5) is 11.4 Å². The number of hydrogen-bond acceptors (Lipinski definition) is 5. The monoisotopic (exact) mass is 258 g/mol. The minimum Gasteiger partial charge on any atom is -0.399 e. The van der Waals surface area contributed by atoms with Crippen LogP contribution >= 0.6 is 11.3 Å². The van der Waals surface area contributed by atoms with Crippen LogP contribution in [0.2, 0.25) is 0 Å². The summed E-state index contributed by atoms with van der Waals surface area (Å²) in [5.74, 6) is 0. The number of aromatic nitrogens is 1. The number of benzene rings is 1. The molecule has 0 saturated carbocycles. The van der Waals surface area contributed by atoms with Crippen molar-refractivity contribution < 1.29 is 0 Å². The van der Waals surface area contributed by atoms with Crippen molar-refractivity contribution >= 4 is 22.7 Å². The Balaban J connectivity index is 2.25. The Bertz CT molecular complexity index is 557. The fraction of sp³-hybridized carbons (Fsp3) is 0.231. The predicted molar refractivity (Wildman–Crippen MR) is 74.3 cm³/mol. The van der Waals surface area contributed by atoms with Crippen LogP contribution in [0.25, 0.3) is 0 Å². The number of nitrogens with zero attached hydrogens (tertiary/aromatic N) is 2. The van der Waals surface area contributed by atoms with E-state index >= 15 is 0 Å². The number of nitriles is 1. The molecule has 18 heavy (non-hydrogen) atoms. The lowest BCUT2D eigenvalue weighted by Gasteiger charge is -2.17. The van der Waals surface area contributed by atoms with E-state index in [1.54, 1.807) is 29.7 Å². The molecule has 1 heterocycles. The number of nitrogens with one attached hydrogen (secondary N) is 1. The van der Waals surface area contributed by atoms with Gasteiger partial charge in [0, 0.05) is 17.3 Å². The zero-order chi connectivity index (χ0) is 13.0. The van der Waals surface area contributed by atoms with Crippen molar-refractivity contribution in [1.82, 2.24) is 4.98 Å². The number of hydrogen-bond donors (Lipinski definition) is 2. The molecule has 3 N–H and O–H groups in total. The zero-order valence-corrected chi connectivity index (χ0v) is 10.9. The molecule has 0 aliphatic heterocycles. The number of nitrogen functional groups attached to an aromatic ring is 1. The van der Waals surface area contributed by atoms with Crippen molar-refractivity contribution in [3.8, 4) is 6.07 Å². The first-order chi connectivity index (χ1) is 8.74. The third-order valence-corrected chi connectivity index (χ3v) is 3.54. The molecule has 1 unspecified atom stereocenters. The van der Waals surface area contributed by atoms with E-state index in [9.17, 15) is 0 Å². The van der Waals surface area contributed by atoms with E-state index in [1.807, 2.05) is 11.4 Å². The number of anilines is 2. The summed E-state index contributed by atoms with van der Waals surface area (Å²) < 4.78 is 0. The topological polar surface area (TPSA) is 74.7 Å². The second-order valence-corrected chi connectivity index (χ2v) is 4.82. The highest BCUT2D eigenvalue weighted by atomic mass is 32.1. The van der Waals surface area contributed by atoms with Gasteiger partial charge < -0.3 is 11.1 Å². The van der Waals surface area contributed by atoms with Gasteiger partial charge in [-0.05, 0) is 24.6 Å². The predicted octanol–water partition coefficient (Wildman–Crippen LogP) is 3.16. The highest BCUT2D eigenvalue weighted by molar-refractivity contribution is 7.09. The third-order valence-electron chi connectivity index (χ3n) is 2.65. The average Bonchev–Trinajstić information content (AvgIpc) is 2.91. The van der Waals surface area contributed by atoms with Crippen molar-refractivity contribution in [3.63, 3.8) is 0 Å². The summed E-state index contributed by atoms with van der Waals surface area (Å²) in [6.45, 7) is 2.09. The van der Waals surface area contributed by atoms with Gasteiger partial charge in [-0.1, -0.05) is 6.92 Å². The van der Waals surface area contributed by atoms with Crippen molar-refractivity contribution in [2.24, 2.45) is 0 Å². The van der Waals surface area contributed by atoms with Crippen molar-refractivity contribution in [2.45, 2.75) is 19.4 Å². The van der Waals surface area contributed by atoms with Crippen LogP contribution in [0, 0.1) is 11.3 Å². The Hall–Kier alpha value is -2.06. The van der Waals surface area contributed by atoms with E-state index < -0.39 is 0 Å². The maximum absolute atomic E-state index is 9.10. The molecule has 0 aliphatic carbocycles. The number of thiazole rings is 1. The Morgan fingerprint density at radius 1 is 1.56 bits per heavy atom. The molecule has 92 valence electrons. The summed E-state index contributed by atoms with van der Waals surface area (Å²) in [5, 5.41) is 15.4. The Kier molecular flexibility index (Phi) is 3.80. The van der Waals surface area contributed by atoms with Crippen LogP contribution in [-0.2, 0) is 0 Å². The number of nitrogens with two attached hydrogens (primary N) is 1. The second kappa shape index (κ2) is 5.52. The molecule has 0 bridgehead atoms. The SMILES string of the molecule is CCC(Nc1ccc(N)cc1C#N)c1nccs1. The van der Waals surface area contributed by atoms with Gasteiger partial charge in [0.05, 0.1) is 17.3 Å². The lowest BCUT2D eigenvalue weighted by molar-refractivity contribution is 0.742. The molecule has 0 aliphatic rings. The normalized spacial score (nSPS) is 11.8. The minimum absolute atomic E-state index is 0.126.